The van der Waals surface area contributed by atoms with E-state index < -0.39 is 91.6 Å². The molecule has 1 saturated heterocycles. The lowest BCUT2D eigenvalue weighted by Crippen LogP contribution is -2.60. The molecule has 0 spiro atoms. The van der Waals surface area contributed by atoms with Crippen molar-refractivity contribution in [3.8, 4) is 0 Å². The number of hydrogen-bond acceptors (Lipinski definition) is 15. The molecule has 1 aliphatic rings. The van der Waals surface area contributed by atoms with E-state index in [0.717, 1.165) is 32.4 Å². The summed E-state index contributed by atoms with van der Waals surface area (Å²) in [6.45, 7) is 3.31. The van der Waals surface area contributed by atoms with Gasteiger partial charge in [0.05, 0.1) is 18.4 Å². The lowest BCUT2D eigenvalue weighted by atomic mass is 9.97. The number of rotatable bonds is 14. The summed E-state index contributed by atoms with van der Waals surface area (Å²) in [6.07, 6.45) is -6.94. The van der Waals surface area contributed by atoms with Gasteiger partial charge >= 0.3 is 30.0 Å². The fraction of sp³-hybridized carbons (Fsp3) is 0.483. The van der Waals surface area contributed by atoms with Crippen LogP contribution in [0.5, 0.6) is 0 Å². The summed E-state index contributed by atoms with van der Waals surface area (Å²) in [7, 11) is 0. The van der Waals surface area contributed by atoms with E-state index in [0.29, 0.717) is 5.56 Å². The van der Waals surface area contributed by atoms with Gasteiger partial charge in [-0.05, 0) is 5.56 Å². The zero-order valence-corrected chi connectivity index (χ0v) is 26.5. The lowest BCUT2D eigenvalue weighted by molar-refractivity contribution is -0.270. The van der Waals surface area contributed by atoms with E-state index in [1.807, 2.05) is 0 Å². The zero-order valence-electron chi connectivity index (χ0n) is 26.5. The Labute approximate surface area is 273 Å². The normalized spacial score (nSPS) is 20.7. The monoisotopic (exact) mass is 676 g/mol. The number of primary amides is 1. The van der Waals surface area contributed by atoms with Gasteiger partial charge < -0.3 is 44.8 Å². The summed E-state index contributed by atoms with van der Waals surface area (Å²) in [5.74, 6) is -4.77. The number of hydrogen-bond donors (Lipinski definition) is 3. The largest absolute Gasteiger partial charge is 0.463 e. The summed E-state index contributed by atoms with van der Waals surface area (Å²) in [5.41, 5.74) is 5.92. The van der Waals surface area contributed by atoms with Gasteiger partial charge in [0.1, 0.15) is 25.4 Å². The van der Waals surface area contributed by atoms with Crippen LogP contribution in [-0.2, 0) is 70.2 Å². The number of benzene rings is 1. The van der Waals surface area contributed by atoms with Crippen LogP contribution in [0.1, 0.15) is 45.2 Å². The second-order valence-corrected chi connectivity index (χ2v) is 10.4. The van der Waals surface area contributed by atoms with Gasteiger partial charge in [0, 0.05) is 34.1 Å². The minimum absolute atomic E-state index is 0.0884. The average molecular weight is 677 g/mol. The van der Waals surface area contributed by atoms with Crippen LogP contribution < -0.4 is 16.4 Å². The van der Waals surface area contributed by atoms with Crippen LogP contribution in [0.25, 0.3) is 0 Å². The van der Waals surface area contributed by atoms with E-state index in [-0.39, 0.29) is 18.7 Å². The average Bonchev–Trinajstić information content (AvgIpc) is 3.47. The fourth-order valence-electron chi connectivity index (χ4n) is 4.57. The van der Waals surface area contributed by atoms with Gasteiger partial charge in [-0.3, -0.25) is 28.8 Å². The lowest BCUT2D eigenvalue weighted by Gasteiger charge is -2.44. The van der Waals surface area contributed by atoms with Crippen molar-refractivity contribution in [3.63, 3.8) is 0 Å². The third-order valence-electron chi connectivity index (χ3n) is 6.46. The first kappa shape index (κ1) is 36.9. The first-order valence-corrected chi connectivity index (χ1v) is 14.5. The highest BCUT2D eigenvalue weighted by Gasteiger charge is 2.53. The maximum absolute atomic E-state index is 12.9. The van der Waals surface area contributed by atoms with Crippen molar-refractivity contribution in [3.05, 3.63) is 47.8 Å². The van der Waals surface area contributed by atoms with Crippen molar-refractivity contribution in [2.45, 2.75) is 77.4 Å². The zero-order chi connectivity index (χ0) is 35.4. The number of esters is 4. The standard InChI is InChI=1S/C29H36N6O13/c1-15(36)43-14-22-24(45-16(2)37)25(46-17(3)38)26(47-18(4)39)28(48-22)35-12-20(33-34-35)10-21(27(41)31-11-23(30)40)32-29(42)44-13-19-8-6-5-7-9-19/h5-9,12,21-22,24-26,28H,10-11,13-14H2,1-4H3,(H2,30,40)(H,31,41)(H,32,42)/t21-,22+,24+,25-,26+,28+/m0/s1. The molecule has 19 nitrogen and oxygen atoms in total. The molecule has 19 heteroatoms. The van der Waals surface area contributed by atoms with Crippen molar-refractivity contribution < 1.29 is 62.0 Å². The molecule has 0 unspecified atom stereocenters. The molecule has 1 fully saturated rings. The quantitative estimate of drug-likeness (QED) is 0.160. The van der Waals surface area contributed by atoms with E-state index in [1.165, 1.54) is 6.20 Å². The molecule has 1 aliphatic heterocycles. The van der Waals surface area contributed by atoms with Crippen molar-refractivity contribution in [1.82, 2.24) is 25.6 Å². The Kier molecular flexibility index (Phi) is 13.3. The summed E-state index contributed by atoms with van der Waals surface area (Å²) in [5, 5.41) is 12.8. The summed E-state index contributed by atoms with van der Waals surface area (Å²) >= 11 is 0. The van der Waals surface area contributed by atoms with Crippen molar-refractivity contribution in [2.24, 2.45) is 5.73 Å². The van der Waals surface area contributed by atoms with E-state index >= 15 is 0 Å². The number of carbonyl (C=O) groups excluding carboxylic acids is 7. The van der Waals surface area contributed by atoms with Crippen molar-refractivity contribution in [1.29, 1.82) is 0 Å². The Morgan fingerprint density at radius 2 is 1.50 bits per heavy atom. The van der Waals surface area contributed by atoms with Crippen LogP contribution in [-0.4, -0.2) is 100 Å². The molecule has 2 heterocycles. The fourth-order valence-corrected chi connectivity index (χ4v) is 4.57. The molecule has 0 bridgehead atoms. The summed E-state index contributed by atoms with van der Waals surface area (Å²) in [4.78, 5) is 84.7. The Bertz CT molecular complexity index is 1480. The van der Waals surface area contributed by atoms with E-state index in [1.54, 1.807) is 30.3 Å². The number of nitrogens with zero attached hydrogens (tertiary/aromatic N) is 3. The van der Waals surface area contributed by atoms with Gasteiger partial charge in [-0.15, -0.1) is 5.10 Å². The van der Waals surface area contributed by atoms with Gasteiger partial charge in [-0.25, -0.2) is 9.48 Å². The first-order chi connectivity index (χ1) is 22.7. The molecule has 48 heavy (non-hydrogen) atoms. The number of ether oxygens (including phenoxy) is 6. The Morgan fingerprint density at radius 3 is 2.10 bits per heavy atom. The van der Waals surface area contributed by atoms with Gasteiger partial charge in [-0.2, -0.15) is 0 Å². The molecule has 0 saturated carbocycles. The SMILES string of the molecule is CC(=O)OC[C@H]1O[C@@H](n2cc(C[C@H](NC(=O)OCc3ccccc3)C(=O)NCC(N)=O)nn2)[C@H](OC(C)=O)[C@@H](OC(C)=O)[C@@H]1OC(C)=O. The number of nitrogens with one attached hydrogen (secondary N) is 2. The summed E-state index contributed by atoms with van der Waals surface area (Å²) < 4.78 is 33.6. The molecule has 6 atom stereocenters. The molecular weight excluding hydrogens is 640 g/mol. The minimum Gasteiger partial charge on any atom is -0.463 e. The smallest absolute Gasteiger partial charge is 0.408 e. The maximum atomic E-state index is 12.9. The molecule has 260 valence electrons. The number of carbonyl (C=O) groups is 7. The van der Waals surface area contributed by atoms with Gasteiger partial charge in [0.15, 0.2) is 24.5 Å². The van der Waals surface area contributed by atoms with E-state index in [2.05, 4.69) is 20.9 Å². The van der Waals surface area contributed by atoms with Crippen molar-refractivity contribution in [2.75, 3.05) is 13.2 Å². The number of amides is 3. The molecule has 3 amide bonds. The van der Waals surface area contributed by atoms with Gasteiger partial charge in [-0.1, -0.05) is 35.5 Å². The van der Waals surface area contributed by atoms with Crippen LogP contribution in [0.4, 0.5) is 4.79 Å². The number of aromatic nitrogens is 3. The Morgan fingerprint density at radius 1 is 0.875 bits per heavy atom. The van der Waals surface area contributed by atoms with Crippen LogP contribution in [0.2, 0.25) is 0 Å². The molecule has 1 aromatic heterocycles. The van der Waals surface area contributed by atoms with E-state index in [9.17, 15) is 33.6 Å². The van der Waals surface area contributed by atoms with Crippen LogP contribution in [0, 0.1) is 0 Å². The topological polar surface area (TPSA) is 256 Å². The van der Waals surface area contributed by atoms with Crippen LogP contribution in [0.3, 0.4) is 0 Å². The van der Waals surface area contributed by atoms with Crippen molar-refractivity contribution >= 4 is 41.8 Å². The van der Waals surface area contributed by atoms with Crippen LogP contribution in [0.15, 0.2) is 36.5 Å². The third kappa shape index (κ3) is 11.3. The number of nitrogens with two attached hydrogens (primary N) is 1. The third-order valence-corrected chi connectivity index (χ3v) is 6.46. The first-order valence-electron chi connectivity index (χ1n) is 14.5. The molecule has 0 aliphatic carbocycles. The van der Waals surface area contributed by atoms with Crippen LogP contribution >= 0.6 is 0 Å². The Balaban J connectivity index is 1.90. The molecule has 0 radical (unpaired) electrons. The predicted molar refractivity (Wildman–Crippen MR) is 157 cm³/mol. The summed E-state index contributed by atoms with van der Waals surface area (Å²) in [6, 6.07) is 7.43. The highest BCUT2D eigenvalue weighted by atomic mass is 16.7. The highest BCUT2D eigenvalue weighted by Crippen LogP contribution is 2.34. The maximum Gasteiger partial charge on any atom is 0.408 e. The minimum atomic E-state index is -1.47. The van der Waals surface area contributed by atoms with E-state index in [4.69, 9.17) is 34.2 Å². The highest BCUT2D eigenvalue weighted by molar-refractivity contribution is 5.89. The predicted octanol–water partition coefficient (Wildman–Crippen LogP) is -1.03. The molecule has 1 aromatic carbocycles. The second kappa shape index (κ2) is 17.4. The Hall–Kier alpha value is -5.59. The van der Waals surface area contributed by atoms with Gasteiger partial charge in [0.25, 0.3) is 0 Å². The second-order valence-electron chi connectivity index (χ2n) is 10.4. The van der Waals surface area contributed by atoms with Gasteiger partial charge in [0.2, 0.25) is 11.8 Å². The molecular formula is C29H36N6O13. The number of alkyl carbamates (subject to hydrolysis) is 1. The molecule has 2 aromatic rings. The molecule has 4 N–H and O–H groups in total. The molecule has 3 rings (SSSR count).